The number of anilines is 1. The summed E-state index contributed by atoms with van der Waals surface area (Å²) in [6.07, 6.45) is 2.96. The Morgan fingerprint density at radius 1 is 1.44 bits per heavy atom. The third-order valence-electron chi connectivity index (χ3n) is 3.30. The number of nitrogen functional groups attached to an aromatic ring is 1. The third-order valence-corrected chi connectivity index (χ3v) is 4.69. The van der Waals surface area contributed by atoms with Gasteiger partial charge in [0.2, 0.25) is 0 Å². The van der Waals surface area contributed by atoms with E-state index < -0.39 is 0 Å². The summed E-state index contributed by atoms with van der Waals surface area (Å²) in [4.78, 5) is 5.48. The van der Waals surface area contributed by atoms with Gasteiger partial charge in [-0.15, -0.1) is 11.3 Å². The first-order valence-electron chi connectivity index (χ1n) is 5.85. The lowest BCUT2D eigenvalue weighted by Gasteiger charge is -2.22. The van der Waals surface area contributed by atoms with Crippen LogP contribution in [0.5, 0.6) is 0 Å². The fraction of sp³-hybridized carbons (Fsp3) is 0.308. The molecule has 2 N–H and O–H groups in total. The molecule has 18 heavy (non-hydrogen) atoms. The summed E-state index contributed by atoms with van der Waals surface area (Å²) >= 11 is 7.68. The number of nitrogens with two attached hydrogens (primary N) is 1. The van der Waals surface area contributed by atoms with Crippen molar-refractivity contribution in [3.8, 4) is 0 Å². The number of aryl methyl sites for hydroxylation is 1. The van der Waals surface area contributed by atoms with Crippen LogP contribution in [0, 0.1) is 5.82 Å². The van der Waals surface area contributed by atoms with E-state index in [9.17, 15) is 4.39 Å². The zero-order chi connectivity index (χ0) is 12.7. The molecule has 0 spiro atoms. The monoisotopic (exact) mass is 282 g/mol. The van der Waals surface area contributed by atoms with Gasteiger partial charge in [-0.3, -0.25) is 0 Å². The highest BCUT2D eigenvalue weighted by Gasteiger charge is 2.27. The molecule has 1 unspecified atom stereocenters. The van der Waals surface area contributed by atoms with Gasteiger partial charge in [-0.25, -0.2) is 9.37 Å². The predicted molar refractivity (Wildman–Crippen MR) is 72.7 cm³/mol. The number of nitrogens with zero attached hydrogens (tertiary/aromatic N) is 1. The highest BCUT2D eigenvalue weighted by molar-refractivity contribution is 7.15. The highest BCUT2D eigenvalue weighted by atomic mass is 35.5. The molecule has 5 heteroatoms. The first-order valence-corrected chi connectivity index (χ1v) is 7.04. The summed E-state index contributed by atoms with van der Waals surface area (Å²) in [5.41, 5.74) is 7.67. The highest BCUT2D eigenvalue weighted by Crippen LogP contribution is 2.42. The zero-order valence-electron chi connectivity index (χ0n) is 9.62. The Balaban J connectivity index is 2.10. The van der Waals surface area contributed by atoms with Crippen LogP contribution in [0.15, 0.2) is 18.2 Å². The maximum atomic E-state index is 13.4. The van der Waals surface area contributed by atoms with Crippen LogP contribution in [-0.4, -0.2) is 4.98 Å². The van der Waals surface area contributed by atoms with Crippen molar-refractivity contribution < 1.29 is 4.39 Å². The molecular formula is C13H12ClFN2S. The van der Waals surface area contributed by atoms with E-state index in [1.54, 1.807) is 6.07 Å². The average molecular weight is 283 g/mol. The molecule has 2 nitrogen and oxygen atoms in total. The van der Waals surface area contributed by atoms with Crippen molar-refractivity contribution in [3.63, 3.8) is 0 Å². The molecule has 0 aliphatic heterocycles. The van der Waals surface area contributed by atoms with Crippen molar-refractivity contribution in [3.05, 3.63) is 45.2 Å². The molecule has 0 bridgehead atoms. The lowest BCUT2D eigenvalue weighted by atomic mass is 9.86. The van der Waals surface area contributed by atoms with Crippen LogP contribution in [0.4, 0.5) is 9.52 Å². The smallest absolute Gasteiger partial charge is 0.180 e. The van der Waals surface area contributed by atoms with Crippen LogP contribution in [-0.2, 0) is 6.42 Å². The first kappa shape index (κ1) is 11.9. The topological polar surface area (TPSA) is 38.9 Å². The number of hydrogen-bond donors (Lipinski definition) is 1. The minimum atomic E-state index is -0.251. The van der Waals surface area contributed by atoms with E-state index in [1.807, 2.05) is 0 Å². The van der Waals surface area contributed by atoms with E-state index >= 15 is 0 Å². The van der Waals surface area contributed by atoms with Crippen LogP contribution >= 0.6 is 22.9 Å². The van der Waals surface area contributed by atoms with Gasteiger partial charge in [0.05, 0.1) is 5.69 Å². The second-order valence-electron chi connectivity index (χ2n) is 4.47. The Labute approximate surface area is 114 Å². The molecule has 0 radical (unpaired) electrons. The van der Waals surface area contributed by atoms with Gasteiger partial charge in [-0.2, -0.15) is 0 Å². The van der Waals surface area contributed by atoms with Crippen molar-refractivity contribution in [2.75, 3.05) is 5.73 Å². The SMILES string of the molecule is Nc1nc2c(s1)C(c1cc(F)ccc1Cl)CCC2. The van der Waals surface area contributed by atoms with Gasteiger partial charge >= 0.3 is 0 Å². The first-order chi connectivity index (χ1) is 8.65. The number of rotatable bonds is 1. The molecule has 1 aliphatic rings. The van der Waals surface area contributed by atoms with Crippen LogP contribution in [0.2, 0.25) is 5.02 Å². The van der Waals surface area contributed by atoms with Gasteiger partial charge in [-0.1, -0.05) is 11.6 Å². The molecule has 0 saturated heterocycles. The van der Waals surface area contributed by atoms with Crippen LogP contribution in [0.1, 0.15) is 34.9 Å². The molecule has 3 rings (SSSR count). The molecule has 1 aliphatic carbocycles. The van der Waals surface area contributed by atoms with E-state index in [0.717, 1.165) is 35.4 Å². The molecule has 2 aromatic rings. The van der Waals surface area contributed by atoms with Crippen LogP contribution in [0.3, 0.4) is 0 Å². The lowest BCUT2D eigenvalue weighted by molar-refractivity contribution is 0.599. The van der Waals surface area contributed by atoms with Crippen LogP contribution < -0.4 is 5.73 Å². The fourth-order valence-corrected chi connectivity index (χ4v) is 3.80. The molecular weight excluding hydrogens is 271 g/mol. The van der Waals surface area contributed by atoms with Gasteiger partial charge in [0.15, 0.2) is 5.13 Å². The summed E-state index contributed by atoms with van der Waals surface area (Å²) in [6.45, 7) is 0. The summed E-state index contributed by atoms with van der Waals surface area (Å²) < 4.78 is 13.4. The van der Waals surface area contributed by atoms with E-state index in [4.69, 9.17) is 17.3 Å². The van der Waals surface area contributed by atoms with Gasteiger partial charge < -0.3 is 5.73 Å². The summed E-state index contributed by atoms with van der Waals surface area (Å²) in [5.74, 6) is -0.120. The van der Waals surface area contributed by atoms with Gasteiger partial charge in [0.25, 0.3) is 0 Å². The Morgan fingerprint density at radius 3 is 3.11 bits per heavy atom. The van der Waals surface area contributed by atoms with E-state index in [0.29, 0.717) is 10.2 Å². The minimum Gasteiger partial charge on any atom is -0.375 e. The molecule has 0 amide bonds. The van der Waals surface area contributed by atoms with Crippen molar-refractivity contribution >= 4 is 28.1 Å². The van der Waals surface area contributed by atoms with Crippen molar-refractivity contribution in [2.45, 2.75) is 25.2 Å². The minimum absolute atomic E-state index is 0.131. The normalized spacial score (nSPS) is 18.7. The number of hydrogen-bond acceptors (Lipinski definition) is 3. The Bertz CT molecular complexity index is 597. The maximum Gasteiger partial charge on any atom is 0.180 e. The lowest BCUT2D eigenvalue weighted by Crippen LogP contribution is -2.09. The summed E-state index contributed by atoms with van der Waals surface area (Å²) in [6, 6.07) is 4.53. The van der Waals surface area contributed by atoms with Crippen LogP contribution in [0.25, 0.3) is 0 Å². The number of benzene rings is 1. The molecule has 1 atom stereocenters. The summed E-state index contributed by atoms with van der Waals surface area (Å²) in [7, 11) is 0. The van der Waals surface area contributed by atoms with Gasteiger partial charge in [0.1, 0.15) is 5.82 Å². The number of thiazole rings is 1. The van der Waals surface area contributed by atoms with Crippen molar-refractivity contribution in [1.82, 2.24) is 4.98 Å². The maximum absolute atomic E-state index is 13.4. The molecule has 0 fully saturated rings. The summed E-state index contributed by atoms with van der Waals surface area (Å²) in [5, 5.41) is 1.20. The Morgan fingerprint density at radius 2 is 2.28 bits per heavy atom. The molecule has 1 aromatic carbocycles. The third kappa shape index (κ3) is 1.99. The Hall–Kier alpha value is -1.13. The zero-order valence-corrected chi connectivity index (χ0v) is 11.2. The standard InChI is InChI=1S/C13H12ClFN2S/c14-10-5-4-7(15)6-9(10)8-2-1-3-11-12(8)18-13(16)17-11/h4-6,8H,1-3H2,(H2,16,17). The average Bonchev–Trinajstić information content (AvgIpc) is 2.72. The van der Waals surface area contributed by atoms with E-state index in [1.165, 1.54) is 23.5 Å². The number of fused-ring (bicyclic) bond motifs is 1. The molecule has 1 aromatic heterocycles. The van der Waals surface area contributed by atoms with Crippen molar-refractivity contribution in [1.29, 1.82) is 0 Å². The molecule has 94 valence electrons. The van der Waals surface area contributed by atoms with E-state index in [2.05, 4.69) is 4.98 Å². The van der Waals surface area contributed by atoms with Gasteiger partial charge in [-0.05, 0) is 43.0 Å². The largest absolute Gasteiger partial charge is 0.375 e. The molecule has 0 saturated carbocycles. The van der Waals surface area contributed by atoms with Gasteiger partial charge in [0, 0.05) is 15.8 Å². The second kappa shape index (κ2) is 4.52. The molecule has 1 heterocycles. The Kier molecular flexibility index (Phi) is 2.99. The van der Waals surface area contributed by atoms with Crippen molar-refractivity contribution in [2.24, 2.45) is 0 Å². The second-order valence-corrected chi connectivity index (χ2v) is 5.94. The van der Waals surface area contributed by atoms with E-state index in [-0.39, 0.29) is 11.7 Å². The quantitative estimate of drug-likeness (QED) is 0.859. The predicted octanol–water partition coefficient (Wildman–Crippen LogP) is 3.99. The number of aromatic nitrogens is 1. The fourth-order valence-electron chi connectivity index (χ4n) is 2.52. The number of halogens is 2.